The number of nitrogens with zero attached hydrogens (tertiary/aromatic N) is 1. The van der Waals surface area contributed by atoms with Gasteiger partial charge in [0.2, 0.25) is 5.91 Å². The minimum atomic E-state index is -1.34. The molecule has 1 saturated carbocycles. The van der Waals surface area contributed by atoms with Gasteiger partial charge in [-0.3, -0.25) is 14.9 Å². The number of benzene rings is 3. The Morgan fingerprint density at radius 2 is 1.51 bits per heavy atom. The predicted octanol–water partition coefficient (Wildman–Crippen LogP) is 9.34. The summed E-state index contributed by atoms with van der Waals surface area (Å²) >= 11 is 44.7. The molecular formula is C24H12Cl7N3O2S. The van der Waals surface area contributed by atoms with Crippen LogP contribution in [0.25, 0.3) is 10.2 Å². The van der Waals surface area contributed by atoms with Crippen molar-refractivity contribution in [3.63, 3.8) is 0 Å². The molecule has 0 bridgehead atoms. The normalized spacial score (nSPS) is 18.0. The summed E-state index contributed by atoms with van der Waals surface area (Å²) in [4.78, 5) is 30.4. The number of alkyl halides is 2. The molecule has 3 aromatic carbocycles. The summed E-state index contributed by atoms with van der Waals surface area (Å²) in [6.45, 7) is 0. The van der Waals surface area contributed by atoms with Gasteiger partial charge >= 0.3 is 0 Å². The van der Waals surface area contributed by atoms with E-state index in [1.165, 1.54) is 23.5 Å². The van der Waals surface area contributed by atoms with Crippen LogP contribution in [-0.2, 0) is 4.79 Å². The fourth-order valence-electron chi connectivity index (χ4n) is 3.96. The van der Waals surface area contributed by atoms with Crippen molar-refractivity contribution in [2.45, 2.75) is 10.3 Å². The molecule has 1 heterocycles. The van der Waals surface area contributed by atoms with Crippen LogP contribution in [0, 0.1) is 5.92 Å². The van der Waals surface area contributed by atoms with Gasteiger partial charge in [-0.05, 0) is 54.1 Å². The molecule has 4 aromatic rings. The molecule has 2 unspecified atom stereocenters. The van der Waals surface area contributed by atoms with E-state index in [0.29, 0.717) is 42.0 Å². The van der Waals surface area contributed by atoms with E-state index in [0.717, 1.165) is 4.70 Å². The second-order valence-electron chi connectivity index (χ2n) is 8.22. The summed E-state index contributed by atoms with van der Waals surface area (Å²) in [6, 6.07) is 12.7. The minimum Gasteiger partial charge on any atom is -0.326 e. The Bertz CT molecular complexity index is 1530. The van der Waals surface area contributed by atoms with E-state index < -0.39 is 28.0 Å². The van der Waals surface area contributed by atoms with Crippen LogP contribution in [0.2, 0.25) is 25.1 Å². The molecule has 0 saturated heterocycles. The number of halogens is 7. The highest BCUT2D eigenvalue weighted by Gasteiger charge is 2.67. The molecule has 5 nitrogen and oxygen atoms in total. The zero-order chi connectivity index (χ0) is 26.6. The lowest BCUT2D eigenvalue weighted by Gasteiger charge is -2.09. The number of hydrogen-bond acceptors (Lipinski definition) is 4. The zero-order valence-corrected chi connectivity index (χ0v) is 24.2. The first-order chi connectivity index (χ1) is 17.4. The number of nitrogens with one attached hydrogen (secondary N) is 2. The molecule has 0 radical (unpaired) electrons. The monoisotopic (exact) mass is 651 g/mol. The highest BCUT2D eigenvalue weighted by atomic mass is 35.5. The van der Waals surface area contributed by atoms with Crippen LogP contribution in [0.3, 0.4) is 0 Å². The maximum Gasteiger partial charge on any atom is 0.259 e. The molecule has 0 aliphatic heterocycles. The van der Waals surface area contributed by atoms with Crippen molar-refractivity contribution >= 4 is 125 Å². The maximum absolute atomic E-state index is 13.0. The molecular weight excluding hydrogens is 643 g/mol. The summed E-state index contributed by atoms with van der Waals surface area (Å²) in [6.07, 6.45) is 0. The van der Waals surface area contributed by atoms with Crippen LogP contribution >= 0.6 is 92.5 Å². The Morgan fingerprint density at radius 3 is 2.22 bits per heavy atom. The Kier molecular flexibility index (Phi) is 7.51. The third kappa shape index (κ3) is 5.49. The highest BCUT2D eigenvalue weighted by Crippen LogP contribution is 2.65. The number of thiazole rings is 1. The molecule has 0 spiro atoms. The Morgan fingerprint density at radius 1 is 0.838 bits per heavy atom. The molecule has 2 amide bonds. The second-order valence-corrected chi connectivity index (χ2v) is 12.8. The van der Waals surface area contributed by atoms with Gasteiger partial charge in [-0.25, -0.2) is 4.98 Å². The smallest absolute Gasteiger partial charge is 0.259 e. The largest absolute Gasteiger partial charge is 0.326 e. The van der Waals surface area contributed by atoms with E-state index in [4.69, 9.17) is 81.2 Å². The summed E-state index contributed by atoms with van der Waals surface area (Å²) in [5.41, 5.74) is 1.71. The Hall–Kier alpha value is -1.48. The van der Waals surface area contributed by atoms with Crippen LogP contribution < -0.4 is 10.6 Å². The first-order valence-corrected chi connectivity index (χ1v) is 13.9. The third-order valence-electron chi connectivity index (χ3n) is 5.71. The first-order valence-electron chi connectivity index (χ1n) is 10.4. The van der Waals surface area contributed by atoms with Crippen molar-refractivity contribution in [1.82, 2.24) is 4.98 Å². The van der Waals surface area contributed by atoms with Crippen molar-refractivity contribution in [3.8, 4) is 0 Å². The van der Waals surface area contributed by atoms with E-state index >= 15 is 0 Å². The topological polar surface area (TPSA) is 71.1 Å². The van der Waals surface area contributed by atoms with E-state index in [-0.39, 0.29) is 10.6 Å². The van der Waals surface area contributed by atoms with Gasteiger partial charge in [0.05, 0.1) is 36.8 Å². The zero-order valence-electron chi connectivity index (χ0n) is 18.1. The molecule has 13 heteroatoms. The number of anilines is 2. The van der Waals surface area contributed by atoms with Crippen LogP contribution in [0.5, 0.6) is 0 Å². The summed E-state index contributed by atoms with van der Waals surface area (Å²) in [5, 5.41) is 7.54. The first kappa shape index (κ1) is 27.1. The van der Waals surface area contributed by atoms with Gasteiger partial charge in [-0.1, -0.05) is 69.3 Å². The Labute approximate surface area is 249 Å². The molecule has 1 aromatic heterocycles. The van der Waals surface area contributed by atoms with Crippen LogP contribution in [0.4, 0.5) is 10.8 Å². The molecule has 37 heavy (non-hydrogen) atoms. The van der Waals surface area contributed by atoms with Gasteiger partial charge in [0.1, 0.15) is 4.33 Å². The third-order valence-corrected chi connectivity index (χ3v) is 9.07. The average Bonchev–Trinajstić information content (AvgIpc) is 3.19. The lowest BCUT2D eigenvalue weighted by atomic mass is 10.1. The molecule has 2 atom stereocenters. The molecule has 1 aliphatic carbocycles. The van der Waals surface area contributed by atoms with Gasteiger partial charge in [-0.2, -0.15) is 0 Å². The van der Waals surface area contributed by atoms with Crippen LogP contribution in [-0.4, -0.2) is 21.1 Å². The molecule has 190 valence electrons. The SMILES string of the molecule is O=C(Nc1nc2cc(Cl)c(Cl)cc2s1)c1cc(NC(=O)C2C(c3cc(Cl)cc(Cl)c3)C2(Cl)Cl)ccc1Cl. The van der Waals surface area contributed by atoms with E-state index in [9.17, 15) is 9.59 Å². The minimum absolute atomic E-state index is 0.131. The van der Waals surface area contributed by atoms with Crippen LogP contribution in [0.1, 0.15) is 21.8 Å². The number of amides is 2. The maximum atomic E-state index is 13.0. The van der Waals surface area contributed by atoms with Crippen molar-refractivity contribution in [1.29, 1.82) is 0 Å². The van der Waals surface area contributed by atoms with Gasteiger partial charge in [0.25, 0.3) is 5.91 Å². The molecule has 2 N–H and O–H groups in total. The van der Waals surface area contributed by atoms with Crippen molar-refractivity contribution in [2.75, 3.05) is 10.6 Å². The number of rotatable bonds is 5. The standard InChI is InChI=1S/C24H12Cl7N3O2S/c25-10-3-9(4-11(26)5-10)19-20(24(19,30)31)22(36)32-12-1-2-14(27)13(6-12)21(35)34-23-33-17-7-15(28)16(29)8-18(17)37-23/h1-8,19-20H,(H,32,36)(H,33,34,35). The van der Waals surface area contributed by atoms with Crippen molar-refractivity contribution in [3.05, 3.63) is 84.8 Å². The molecule has 1 aliphatic rings. The fraction of sp³-hybridized carbons (Fsp3) is 0.125. The summed E-state index contributed by atoms with van der Waals surface area (Å²) in [5.74, 6) is -2.22. The Balaban J connectivity index is 1.33. The van der Waals surface area contributed by atoms with Gasteiger partial charge < -0.3 is 5.32 Å². The van der Waals surface area contributed by atoms with E-state index in [1.54, 1.807) is 36.4 Å². The fourth-order valence-corrected chi connectivity index (χ4v) is 6.80. The van der Waals surface area contributed by atoms with Crippen molar-refractivity contribution in [2.24, 2.45) is 5.92 Å². The van der Waals surface area contributed by atoms with Crippen LogP contribution in [0.15, 0.2) is 48.5 Å². The summed E-state index contributed by atoms with van der Waals surface area (Å²) < 4.78 is -0.592. The quantitative estimate of drug-likeness (QED) is 0.211. The number of hydrogen-bond donors (Lipinski definition) is 2. The molecule has 1 fully saturated rings. The number of carbonyl (C=O) groups is 2. The highest BCUT2D eigenvalue weighted by molar-refractivity contribution is 7.22. The lowest BCUT2D eigenvalue weighted by Crippen LogP contribution is -2.18. The van der Waals surface area contributed by atoms with Gasteiger partial charge in [-0.15, -0.1) is 23.2 Å². The predicted molar refractivity (Wildman–Crippen MR) is 155 cm³/mol. The van der Waals surface area contributed by atoms with Crippen molar-refractivity contribution < 1.29 is 9.59 Å². The van der Waals surface area contributed by atoms with Gasteiger partial charge in [0.15, 0.2) is 5.13 Å². The summed E-state index contributed by atoms with van der Waals surface area (Å²) in [7, 11) is 0. The van der Waals surface area contributed by atoms with E-state index in [1.807, 2.05) is 0 Å². The number of aromatic nitrogens is 1. The average molecular weight is 655 g/mol. The van der Waals surface area contributed by atoms with E-state index in [2.05, 4.69) is 15.6 Å². The lowest BCUT2D eigenvalue weighted by molar-refractivity contribution is -0.117. The second kappa shape index (κ2) is 10.2. The van der Waals surface area contributed by atoms with Gasteiger partial charge in [0, 0.05) is 21.7 Å². The molecule has 5 rings (SSSR count). The number of fused-ring (bicyclic) bond motifs is 1. The number of carbonyl (C=O) groups excluding carboxylic acids is 2.